The fourth-order valence-corrected chi connectivity index (χ4v) is 3.97. The third-order valence-electron chi connectivity index (χ3n) is 5.59. The number of likely N-dealkylation sites (tertiary alicyclic amines) is 1. The molecule has 3 aromatic rings. The summed E-state index contributed by atoms with van der Waals surface area (Å²) in [5.74, 6) is 0.741. The maximum absolute atomic E-state index is 12.9. The number of fused-ring (bicyclic) bond motifs is 1. The number of carbonyl (C=O) groups excluding carboxylic acids is 1. The van der Waals surface area contributed by atoms with E-state index in [1.807, 2.05) is 46.3 Å². The van der Waals surface area contributed by atoms with Crippen molar-refractivity contribution in [2.45, 2.75) is 25.4 Å². The predicted octanol–water partition coefficient (Wildman–Crippen LogP) is 1.75. The minimum absolute atomic E-state index is 0.00432. The molecule has 3 aromatic heterocycles. The molecule has 0 atom stereocenters. The fourth-order valence-electron chi connectivity index (χ4n) is 3.97. The van der Waals surface area contributed by atoms with Gasteiger partial charge in [0.25, 0.3) is 5.91 Å². The summed E-state index contributed by atoms with van der Waals surface area (Å²) in [5, 5.41) is 0. The quantitative estimate of drug-likeness (QED) is 0.659. The first-order valence-electron chi connectivity index (χ1n) is 10.0. The van der Waals surface area contributed by atoms with Gasteiger partial charge in [0.1, 0.15) is 12.0 Å². The van der Waals surface area contributed by atoms with Crippen LogP contribution in [0.15, 0.2) is 36.9 Å². The van der Waals surface area contributed by atoms with Crippen LogP contribution >= 0.6 is 0 Å². The molecule has 0 radical (unpaired) electrons. The minimum atomic E-state index is -0.00432. The molecule has 0 spiro atoms. The predicted molar refractivity (Wildman–Crippen MR) is 112 cm³/mol. The maximum atomic E-state index is 12.9. The van der Waals surface area contributed by atoms with E-state index in [1.54, 1.807) is 12.5 Å². The second-order valence-electron chi connectivity index (χ2n) is 8.21. The zero-order valence-corrected chi connectivity index (χ0v) is 17.6. The highest BCUT2D eigenvalue weighted by atomic mass is 16.2. The highest BCUT2D eigenvalue weighted by Gasteiger charge is 2.26. The molecule has 1 amide bonds. The zero-order chi connectivity index (χ0) is 20.5. The summed E-state index contributed by atoms with van der Waals surface area (Å²) < 4.78 is 3.88. The van der Waals surface area contributed by atoms with Crippen LogP contribution in [0.1, 0.15) is 29.0 Å². The first kappa shape index (κ1) is 19.6. The molecule has 1 aliphatic rings. The second-order valence-corrected chi connectivity index (χ2v) is 8.21. The summed E-state index contributed by atoms with van der Waals surface area (Å²) in [4.78, 5) is 28.4. The molecular weight excluding hydrogens is 366 g/mol. The van der Waals surface area contributed by atoms with Crippen LogP contribution in [-0.2, 0) is 6.54 Å². The van der Waals surface area contributed by atoms with Crippen molar-refractivity contribution >= 4 is 11.4 Å². The Hall–Kier alpha value is -2.71. The molecule has 8 nitrogen and oxygen atoms in total. The van der Waals surface area contributed by atoms with E-state index in [2.05, 4.69) is 34.9 Å². The van der Waals surface area contributed by atoms with Crippen LogP contribution in [0.3, 0.4) is 0 Å². The van der Waals surface area contributed by atoms with Gasteiger partial charge in [0, 0.05) is 38.1 Å². The van der Waals surface area contributed by atoms with E-state index in [-0.39, 0.29) is 5.91 Å². The normalized spacial score (nSPS) is 15.7. The van der Waals surface area contributed by atoms with Gasteiger partial charge < -0.3 is 14.7 Å². The van der Waals surface area contributed by atoms with Crippen molar-refractivity contribution in [2.24, 2.45) is 0 Å². The van der Waals surface area contributed by atoms with Gasteiger partial charge in [0.15, 0.2) is 0 Å². The third-order valence-corrected chi connectivity index (χ3v) is 5.59. The molecule has 154 valence electrons. The Labute approximate surface area is 171 Å². The van der Waals surface area contributed by atoms with Crippen molar-refractivity contribution in [1.82, 2.24) is 33.6 Å². The molecule has 0 unspecified atom stereocenters. The standard InChI is InChI=1S/C21H29N7O/c1-24(2)13-17-19-7-5-6-10-28(19)21(23-17)27-14-18(22-15-27)20(29)26-11-8-16(9-12-26)25(3)4/h5-7,10,14-16H,8-9,11-13H2,1-4H3. The molecule has 29 heavy (non-hydrogen) atoms. The van der Waals surface area contributed by atoms with Gasteiger partial charge in [-0.25, -0.2) is 9.97 Å². The number of imidazole rings is 2. The molecule has 1 saturated heterocycles. The molecule has 0 bridgehead atoms. The number of carbonyl (C=O) groups is 1. The van der Waals surface area contributed by atoms with Gasteiger partial charge in [-0.1, -0.05) is 6.07 Å². The molecule has 0 N–H and O–H groups in total. The van der Waals surface area contributed by atoms with E-state index >= 15 is 0 Å². The topological polar surface area (TPSA) is 61.9 Å². The van der Waals surface area contributed by atoms with Crippen molar-refractivity contribution in [3.05, 3.63) is 48.3 Å². The number of pyridine rings is 1. The van der Waals surface area contributed by atoms with Gasteiger partial charge in [-0.05, 0) is 53.2 Å². The average molecular weight is 396 g/mol. The van der Waals surface area contributed by atoms with Gasteiger partial charge in [-0.2, -0.15) is 0 Å². The van der Waals surface area contributed by atoms with Crippen molar-refractivity contribution in [1.29, 1.82) is 0 Å². The van der Waals surface area contributed by atoms with Gasteiger partial charge in [0.2, 0.25) is 5.95 Å². The fraction of sp³-hybridized carbons (Fsp3) is 0.476. The number of piperidine rings is 1. The van der Waals surface area contributed by atoms with Crippen LogP contribution in [-0.4, -0.2) is 86.9 Å². The Morgan fingerprint density at radius 3 is 2.62 bits per heavy atom. The lowest BCUT2D eigenvalue weighted by atomic mass is 10.0. The summed E-state index contributed by atoms with van der Waals surface area (Å²) >= 11 is 0. The van der Waals surface area contributed by atoms with E-state index in [9.17, 15) is 4.79 Å². The summed E-state index contributed by atoms with van der Waals surface area (Å²) in [6.07, 6.45) is 7.46. The van der Waals surface area contributed by atoms with Crippen LogP contribution in [0.4, 0.5) is 0 Å². The molecule has 0 aliphatic carbocycles. The highest BCUT2D eigenvalue weighted by Crippen LogP contribution is 2.19. The van der Waals surface area contributed by atoms with E-state index < -0.39 is 0 Å². The zero-order valence-electron chi connectivity index (χ0n) is 17.6. The highest BCUT2D eigenvalue weighted by molar-refractivity contribution is 5.92. The molecule has 4 rings (SSSR count). The van der Waals surface area contributed by atoms with E-state index in [4.69, 9.17) is 4.98 Å². The average Bonchev–Trinajstić information content (AvgIpc) is 3.33. The van der Waals surface area contributed by atoms with Crippen LogP contribution in [0, 0.1) is 0 Å². The Bertz CT molecular complexity index is 996. The van der Waals surface area contributed by atoms with Crippen molar-refractivity contribution in [3.8, 4) is 5.95 Å². The monoisotopic (exact) mass is 395 g/mol. The maximum Gasteiger partial charge on any atom is 0.274 e. The van der Waals surface area contributed by atoms with Crippen molar-refractivity contribution < 1.29 is 4.79 Å². The molecule has 1 fully saturated rings. The first-order valence-corrected chi connectivity index (χ1v) is 10.0. The lowest BCUT2D eigenvalue weighted by Gasteiger charge is -2.34. The van der Waals surface area contributed by atoms with E-state index in [1.165, 1.54) is 0 Å². The Balaban J connectivity index is 1.57. The molecule has 4 heterocycles. The number of hydrogen-bond donors (Lipinski definition) is 0. The second kappa shape index (κ2) is 7.96. The summed E-state index contributed by atoms with van der Waals surface area (Å²) in [5.41, 5.74) is 2.52. The number of hydrogen-bond acceptors (Lipinski definition) is 5. The lowest BCUT2D eigenvalue weighted by Crippen LogP contribution is -2.44. The SMILES string of the molecule is CN(C)Cc1nc(-n2cnc(C(=O)N3CCC(N(C)C)CC3)c2)n2ccccc12. The Morgan fingerprint density at radius 2 is 1.93 bits per heavy atom. The van der Waals surface area contributed by atoms with Gasteiger partial charge in [-0.15, -0.1) is 0 Å². The van der Waals surface area contributed by atoms with Crippen LogP contribution in [0.5, 0.6) is 0 Å². The molecule has 8 heteroatoms. The molecule has 0 aromatic carbocycles. The molecular formula is C21H29N7O. The number of rotatable bonds is 5. The third kappa shape index (κ3) is 3.90. The van der Waals surface area contributed by atoms with Crippen molar-refractivity contribution in [3.63, 3.8) is 0 Å². The minimum Gasteiger partial charge on any atom is -0.337 e. The largest absolute Gasteiger partial charge is 0.337 e. The number of aromatic nitrogens is 4. The molecule has 1 aliphatic heterocycles. The van der Waals surface area contributed by atoms with Crippen LogP contribution in [0.25, 0.3) is 11.5 Å². The summed E-state index contributed by atoms with van der Waals surface area (Å²) in [6.45, 7) is 2.29. The van der Waals surface area contributed by atoms with E-state index in [0.717, 1.165) is 49.6 Å². The lowest BCUT2D eigenvalue weighted by molar-refractivity contribution is 0.0658. The first-order chi connectivity index (χ1) is 13.9. The van der Waals surface area contributed by atoms with Crippen LogP contribution in [0.2, 0.25) is 0 Å². The van der Waals surface area contributed by atoms with Gasteiger partial charge in [-0.3, -0.25) is 13.8 Å². The number of nitrogens with zero attached hydrogens (tertiary/aromatic N) is 7. The van der Waals surface area contributed by atoms with Gasteiger partial charge >= 0.3 is 0 Å². The molecule has 0 saturated carbocycles. The Kier molecular flexibility index (Phi) is 5.38. The van der Waals surface area contributed by atoms with Crippen molar-refractivity contribution in [2.75, 3.05) is 41.3 Å². The van der Waals surface area contributed by atoms with Crippen LogP contribution < -0.4 is 0 Å². The summed E-state index contributed by atoms with van der Waals surface area (Å²) in [7, 11) is 8.26. The smallest absolute Gasteiger partial charge is 0.274 e. The Morgan fingerprint density at radius 1 is 1.17 bits per heavy atom. The van der Waals surface area contributed by atoms with Gasteiger partial charge in [0.05, 0.1) is 11.2 Å². The number of amides is 1. The van der Waals surface area contributed by atoms with E-state index in [0.29, 0.717) is 11.7 Å². The summed E-state index contributed by atoms with van der Waals surface area (Å²) in [6, 6.07) is 6.60.